The van der Waals surface area contributed by atoms with E-state index in [2.05, 4.69) is 11.9 Å². The van der Waals surface area contributed by atoms with E-state index in [0.717, 1.165) is 32.1 Å². The third-order valence-corrected chi connectivity index (χ3v) is 2.38. The molecular weight excluding hydrogens is 196 g/mol. The zero-order chi connectivity index (χ0) is 11.5. The van der Waals surface area contributed by atoms with Gasteiger partial charge in [-0.25, -0.2) is 8.78 Å². The smallest absolute Gasteiger partial charge is 0.253 e. The van der Waals surface area contributed by atoms with Crippen LogP contribution in [0.25, 0.3) is 0 Å². The molecule has 0 aliphatic rings. The van der Waals surface area contributed by atoms with Crippen molar-refractivity contribution in [2.45, 2.75) is 57.9 Å². The van der Waals surface area contributed by atoms with Gasteiger partial charge in [0.15, 0.2) is 0 Å². The maximum atomic E-state index is 12.5. The highest BCUT2D eigenvalue weighted by Gasteiger charge is 2.18. The maximum Gasteiger partial charge on any atom is 0.253 e. The second-order valence-corrected chi connectivity index (χ2v) is 3.82. The molecule has 0 fully saturated rings. The third-order valence-electron chi connectivity index (χ3n) is 2.38. The molecule has 0 radical (unpaired) electrons. The molecule has 0 aromatic rings. The zero-order valence-electron chi connectivity index (χ0n) is 9.64. The van der Waals surface area contributed by atoms with Gasteiger partial charge in [0.1, 0.15) is 0 Å². The average Bonchev–Trinajstić information content (AvgIpc) is 2.21. The Bertz CT molecular complexity index is 149. The molecule has 15 heavy (non-hydrogen) atoms. The van der Waals surface area contributed by atoms with E-state index < -0.39 is 12.5 Å². The van der Waals surface area contributed by atoms with Crippen LogP contribution < -0.4 is 5.32 Å². The van der Waals surface area contributed by atoms with Crippen LogP contribution in [0.3, 0.4) is 0 Å². The van der Waals surface area contributed by atoms with Gasteiger partial charge in [-0.05, 0) is 32.2 Å². The molecule has 0 saturated heterocycles. The van der Waals surface area contributed by atoms with E-state index in [1.54, 1.807) is 0 Å². The summed E-state index contributed by atoms with van der Waals surface area (Å²) in [6.07, 6.45) is 5.06. The molecular formula is C12H23F2N. The fourth-order valence-electron chi connectivity index (χ4n) is 1.48. The molecule has 1 nitrogen and oxygen atoms in total. The van der Waals surface area contributed by atoms with Gasteiger partial charge in [0.05, 0.1) is 6.04 Å². The molecule has 0 aliphatic carbocycles. The predicted molar refractivity (Wildman–Crippen MR) is 61.4 cm³/mol. The Morgan fingerprint density at radius 3 is 2.53 bits per heavy atom. The average molecular weight is 219 g/mol. The largest absolute Gasteiger partial charge is 0.309 e. The van der Waals surface area contributed by atoms with Crippen LogP contribution in [0.15, 0.2) is 12.7 Å². The van der Waals surface area contributed by atoms with Gasteiger partial charge in [-0.1, -0.05) is 25.8 Å². The third kappa shape index (κ3) is 8.55. The number of hydrogen-bond donors (Lipinski definition) is 1. The number of alkyl halides is 2. The van der Waals surface area contributed by atoms with Crippen LogP contribution in [0, 0.1) is 0 Å². The van der Waals surface area contributed by atoms with Gasteiger partial charge in [0.25, 0.3) is 6.43 Å². The topological polar surface area (TPSA) is 12.0 Å². The summed E-state index contributed by atoms with van der Waals surface area (Å²) in [5, 5.41) is 2.89. The van der Waals surface area contributed by atoms with Crippen molar-refractivity contribution in [3.05, 3.63) is 12.7 Å². The minimum atomic E-state index is -2.24. The lowest BCUT2D eigenvalue weighted by Crippen LogP contribution is -2.36. The predicted octanol–water partition coefficient (Wildman–Crippen LogP) is 3.76. The highest BCUT2D eigenvalue weighted by Crippen LogP contribution is 2.11. The molecule has 1 N–H and O–H groups in total. The van der Waals surface area contributed by atoms with Crippen molar-refractivity contribution < 1.29 is 8.78 Å². The van der Waals surface area contributed by atoms with Gasteiger partial charge in [-0.3, -0.25) is 0 Å². The number of rotatable bonds is 10. The number of allylic oxidation sites excluding steroid dienone is 1. The molecule has 0 bridgehead atoms. The lowest BCUT2D eigenvalue weighted by atomic mass is 10.1. The SMILES string of the molecule is C=CCCCCCC(NCCC)C(F)F. The van der Waals surface area contributed by atoms with Crippen LogP contribution >= 0.6 is 0 Å². The Morgan fingerprint density at radius 1 is 1.27 bits per heavy atom. The fraction of sp³-hybridized carbons (Fsp3) is 0.833. The second-order valence-electron chi connectivity index (χ2n) is 3.82. The van der Waals surface area contributed by atoms with E-state index in [1.807, 2.05) is 13.0 Å². The lowest BCUT2D eigenvalue weighted by Gasteiger charge is -2.17. The maximum absolute atomic E-state index is 12.5. The minimum Gasteiger partial charge on any atom is -0.309 e. The molecule has 0 spiro atoms. The molecule has 0 amide bonds. The summed E-state index contributed by atoms with van der Waals surface area (Å²) in [6, 6.07) is -0.617. The van der Waals surface area contributed by atoms with Gasteiger partial charge in [0, 0.05) is 0 Å². The molecule has 3 heteroatoms. The number of halogens is 2. The van der Waals surface area contributed by atoms with Crippen LogP contribution in [-0.4, -0.2) is 19.0 Å². The van der Waals surface area contributed by atoms with E-state index in [0.29, 0.717) is 13.0 Å². The first-order valence-corrected chi connectivity index (χ1v) is 5.84. The molecule has 1 unspecified atom stereocenters. The van der Waals surface area contributed by atoms with Crippen LogP contribution in [0.2, 0.25) is 0 Å². The Balaban J connectivity index is 3.52. The van der Waals surface area contributed by atoms with E-state index in [-0.39, 0.29) is 0 Å². The van der Waals surface area contributed by atoms with E-state index in [9.17, 15) is 8.78 Å². The molecule has 0 rings (SSSR count). The first-order chi connectivity index (χ1) is 7.22. The summed E-state index contributed by atoms with van der Waals surface area (Å²) in [6.45, 7) is 6.30. The summed E-state index contributed by atoms with van der Waals surface area (Å²) in [4.78, 5) is 0. The Hall–Kier alpha value is -0.440. The molecule has 0 aliphatic heterocycles. The molecule has 0 aromatic heterocycles. The van der Waals surface area contributed by atoms with Crippen LogP contribution in [0.4, 0.5) is 8.78 Å². The number of nitrogens with one attached hydrogen (secondary N) is 1. The van der Waals surface area contributed by atoms with Crippen molar-refractivity contribution >= 4 is 0 Å². The zero-order valence-corrected chi connectivity index (χ0v) is 9.64. The first kappa shape index (κ1) is 14.6. The minimum absolute atomic E-state index is 0.578. The lowest BCUT2D eigenvalue weighted by molar-refractivity contribution is 0.0928. The van der Waals surface area contributed by atoms with E-state index in [4.69, 9.17) is 0 Å². The van der Waals surface area contributed by atoms with Crippen molar-refractivity contribution in [1.29, 1.82) is 0 Å². The number of hydrogen-bond acceptors (Lipinski definition) is 1. The summed E-state index contributed by atoms with van der Waals surface area (Å²) >= 11 is 0. The van der Waals surface area contributed by atoms with Crippen LogP contribution in [-0.2, 0) is 0 Å². The van der Waals surface area contributed by atoms with Crippen molar-refractivity contribution in [3.63, 3.8) is 0 Å². The highest BCUT2D eigenvalue weighted by molar-refractivity contribution is 4.70. The Kier molecular flexibility index (Phi) is 9.79. The van der Waals surface area contributed by atoms with Gasteiger partial charge >= 0.3 is 0 Å². The van der Waals surface area contributed by atoms with Gasteiger partial charge in [-0.2, -0.15) is 0 Å². The monoisotopic (exact) mass is 219 g/mol. The molecule has 0 heterocycles. The normalized spacial score (nSPS) is 13.1. The first-order valence-electron chi connectivity index (χ1n) is 5.84. The van der Waals surface area contributed by atoms with Crippen molar-refractivity contribution in [3.8, 4) is 0 Å². The molecule has 0 saturated carbocycles. The van der Waals surface area contributed by atoms with Gasteiger partial charge in [0.2, 0.25) is 0 Å². The standard InChI is InChI=1S/C12H23F2N/c1-3-5-6-7-8-9-11(12(13)14)15-10-4-2/h3,11-12,15H,1,4-10H2,2H3. The van der Waals surface area contributed by atoms with Crippen LogP contribution in [0.1, 0.15) is 45.4 Å². The van der Waals surface area contributed by atoms with Crippen molar-refractivity contribution in [1.82, 2.24) is 5.32 Å². The van der Waals surface area contributed by atoms with Crippen molar-refractivity contribution in [2.24, 2.45) is 0 Å². The Labute approximate surface area is 91.9 Å². The fourth-order valence-corrected chi connectivity index (χ4v) is 1.48. The summed E-state index contributed by atoms with van der Waals surface area (Å²) in [5.41, 5.74) is 0. The van der Waals surface area contributed by atoms with E-state index >= 15 is 0 Å². The quantitative estimate of drug-likeness (QED) is 0.436. The number of unbranched alkanes of at least 4 members (excludes halogenated alkanes) is 3. The Morgan fingerprint density at radius 2 is 2.00 bits per heavy atom. The highest BCUT2D eigenvalue weighted by atomic mass is 19.3. The molecule has 1 atom stereocenters. The summed E-state index contributed by atoms with van der Waals surface area (Å²) in [5.74, 6) is 0. The molecule has 0 aromatic carbocycles. The van der Waals surface area contributed by atoms with E-state index in [1.165, 1.54) is 0 Å². The van der Waals surface area contributed by atoms with Gasteiger partial charge in [-0.15, -0.1) is 6.58 Å². The van der Waals surface area contributed by atoms with Crippen LogP contribution in [0.5, 0.6) is 0 Å². The molecule has 90 valence electrons. The van der Waals surface area contributed by atoms with Crippen molar-refractivity contribution in [2.75, 3.05) is 6.54 Å². The second kappa shape index (κ2) is 10.1. The summed E-state index contributed by atoms with van der Waals surface area (Å²) in [7, 11) is 0. The summed E-state index contributed by atoms with van der Waals surface area (Å²) < 4.78 is 25.0. The van der Waals surface area contributed by atoms with Gasteiger partial charge < -0.3 is 5.32 Å².